The van der Waals surface area contributed by atoms with Gasteiger partial charge in [-0.25, -0.2) is 0 Å². The number of hydrogen-bond acceptors (Lipinski definition) is 2. The second-order valence-electron chi connectivity index (χ2n) is 7.87. The van der Waals surface area contributed by atoms with Crippen molar-refractivity contribution in [2.24, 2.45) is 5.92 Å². The minimum absolute atomic E-state index is 0.0324. The molecule has 2 saturated heterocycles. The monoisotopic (exact) mass is 396 g/mol. The number of benzene rings is 2. The van der Waals surface area contributed by atoms with Crippen molar-refractivity contribution < 1.29 is 9.59 Å². The van der Waals surface area contributed by atoms with E-state index in [1.807, 2.05) is 9.80 Å². The lowest BCUT2D eigenvalue weighted by atomic mass is 9.87. The summed E-state index contributed by atoms with van der Waals surface area (Å²) in [5.74, 6) is 0.00184. The molecule has 0 N–H and O–H groups in total. The predicted octanol–water partition coefficient (Wildman–Crippen LogP) is 4.13. The third-order valence-corrected chi connectivity index (χ3v) is 6.19. The van der Waals surface area contributed by atoms with Crippen molar-refractivity contribution in [3.8, 4) is 0 Å². The van der Waals surface area contributed by atoms with Gasteiger partial charge in [-0.05, 0) is 49.6 Å². The van der Waals surface area contributed by atoms with Crippen LogP contribution in [0, 0.1) is 12.8 Å². The van der Waals surface area contributed by atoms with Gasteiger partial charge in [0.2, 0.25) is 5.91 Å². The Morgan fingerprint density at radius 2 is 1.54 bits per heavy atom. The topological polar surface area (TPSA) is 40.6 Å². The highest BCUT2D eigenvalue weighted by molar-refractivity contribution is 6.30. The summed E-state index contributed by atoms with van der Waals surface area (Å²) in [7, 11) is 0. The van der Waals surface area contributed by atoms with Crippen molar-refractivity contribution in [2.45, 2.75) is 25.7 Å². The smallest absolute Gasteiger partial charge is 0.253 e. The van der Waals surface area contributed by atoms with Crippen LogP contribution in [0.1, 0.15) is 40.2 Å². The lowest BCUT2D eigenvalue weighted by molar-refractivity contribution is -0.134. The van der Waals surface area contributed by atoms with Gasteiger partial charge in [0.25, 0.3) is 5.91 Å². The maximum absolute atomic E-state index is 13.2. The van der Waals surface area contributed by atoms with Crippen molar-refractivity contribution in [1.29, 1.82) is 0 Å². The van der Waals surface area contributed by atoms with E-state index >= 15 is 0 Å². The Kier molecular flexibility index (Phi) is 5.40. The molecule has 2 atom stereocenters. The SMILES string of the molecule is Cc1ccc([C@H]2CN(C(=O)c3ccc(Cl)cc3)C[C@@H]2C(=O)N2CCCC2)cc1. The van der Waals surface area contributed by atoms with Crippen molar-refractivity contribution in [3.63, 3.8) is 0 Å². The van der Waals surface area contributed by atoms with Crippen LogP contribution in [0.5, 0.6) is 0 Å². The first-order valence-corrected chi connectivity index (χ1v) is 10.3. The lowest BCUT2D eigenvalue weighted by Gasteiger charge is -2.24. The highest BCUT2D eigenvalue weighted by atomic mass is 35.5. The van der Waals surface area contributed by atoms with E-state index in [-0.39, 0.29) is 23.7 Å². The molecule has 2 aromatic carbocycles. The van der Waals surface area contributed by atoms with E-state index < -0.39 is 0 Å². The molecular formula is C23H25ClN2O2. The molecule has 146 valence electrons. The van der Waals surface area contributed by atoms with Crippen molar-refractivity contribution in [3.05, 3.63) is 70.2 Å². The van der Waals surface area contributed by atoms with Gasteiger partial charge in [0.05, 0.1) is 5.92 Å². The van der Waals surface area contributed by atoms with Crippen LogP contribution in [-0.2, 0) is 4.79 Å². The normalized spacial score (nSPS) is 21.9. The third kappa shape index (κ3) is 3.79. The van der Waals surface area contributed by atoms with Crippen molar-refractivity contribution >= 4 is 23.4 Å². The first kappa shape index (κ1) is 19.0. The summed E-state index contributed by atoms with van der Waals surface area (Å²) >= 11 is 5.95. The van der Waals surface area contributed by atoms with E-state index in [4.69, 9.17) is 11.6 Å². The fourth-order valence-corrected chi connectivity index (χ4v) is 4.44. The summed E-state index contributed by atoms with van der Waals surface area (Å²) in [6.07, 6.45) is 2.14. The molecule has 0 aliphatic carbocycles. The van der Waals surface area contributed by atoms with Gasteiger partial charge < -0.3 is 9.80 Å². The molecule has 0 unspecified atom stereocenters. The Labute approximate surface area is 171 Å². The quantitative estimate of drug-likeness (QED) is 0.782. The zero-order chi connectivity index (χ0) is 19.7. The largest absolute Gasteiger partial charge is 0.342 e. The third-order valence-electron chi connectivity index (χ3n) is 5.94. The Bertz CT molecular complexity index is 857. The summed E-state index contributed by atoms with van der Waals surface area (Å²) in [5.41, 5.74) is 2.94. The number of carbonyl (C=O) groups excluding carboxylic acids is 2. The lowest BCUT2D eigenvalue weighted by Crippen LogP contribution is -2.37. The number of nitrogens with zero attached hydrogens (tertiary/aromatic N) is 2. The number of hydrogen-bond donors (Lipinski definition) is 0. The number of halogens is 1. The van der Waals surface area contributed by atoms with Crippen molar-refractivity contribution in [1.82, 2.24) is 9.80 Å². The van der Waals surface area contributed by atoms with Gasteiger partial charge in [0.15, 0.2) is 0 Å². The molecule has 28 heavy (non-hydrogen) atoms. The Morgan fingerprint density at radius 1 is 0.893 bits per heavy atom. The molecule has 0 saturated carbocycles. The van der Waals surface area contributed by atoms with Gasteiger partial charge in [-0.3, -0.25) is 9.59 Å². The minimum atomic E-state index is -0.183. The molecule has 4 nitrogen and oxygen atoms in total. The number of amides is 2. The van der Waals surface area contributed by atoms with Crippen molar-refractivity contribution in [2.75, 3.05) is 26.2 Å². The molecule has 2 heterocycles. The highest BCUT2D eigenvalue weighted by Gasteiger charge is 2.42. The van der Waals surface area contributed by atoms with Crippen LogP contribution >= 0.6 is 11.6 Å². The number of rotatable bonds is 3. The van der Waals surface area contributed by atoms with Gasteiger partial charge in [0, 0.05) is 42.7 Å². The molecule has 0 spiro atoms. The standard InChI is InChI=1S/C23H25ClN2O2/c1-16-4-6-17(7-5-16)20-14-26(22(27)18-8-10-19(24)11-9-18)15-21(20)23(28)25-12-2-3-13-25/h4-11,20-21H,2-3,12-15H2,1H3/t20-,21+/m1/s1. The first-order chi connectivity index (χ1) is 13.5. The molecule has 2 fully saturated rings. The molecular weight excluding hydrogens is 372 g/mol. The van der Waals surface area contributed by atoms with Crippen LogP contribution in [0.25, 0.3) is 0 Å². The molecule has 2 amide bonds. The summed E-state index contributed by atoms with van der Waals surface area (Å²) in [5, 5.41) is 0.609. The van der Waals surface area contributed by atoms with Crippen LogP contribution in [-0.4, -0.2) is 47.8 Å². The molecule has 2 aliphatic heterocycles. The molecule has 4 rings (SSSR count). The number of likely N-dealkylation sites (tertiary alicyclic amines) is 2. The summed E-state index contributed by atoms with van der Waals surface area (Å²) < 4.78 is 0. The zero-order valence-electron chi connectivity index (χ0n) is 16.1. The molecule has 0 bridgehead atoms. The van der Waals surface area contributed by atoms with Gasteiger partial charge in [-0.1, -0.05) is 41.4 Å². The fraction of sp³-hybridized carbons (Fsp3) is 0.391. The number of aryl methyl sites for hydroxylation is 1. The van der Waals surface area contributed by atoms with Gasteiger partial charge in [-0.2, -0.15) is 0 Å². The van der Waals surface area contributed by atoms with Crippen LogP contribution in [0.3, 0.4) is 0 Å². The summed E-state index contributed by atoms with van der Waals surface area (Å²) in [6.45, 7) is 4.76. The van der Waals surface area contributed by atoms with E-state index in [9.17, 15) is 9.59 Å². The molecule has 0 aromatic heterocycles. The van der Waals surface area contributed by atoms with Gasteiger partial charge in [0.1, 0.15) is 0 Å². The molecule has 2 aliphatic rings. The maximum Gasteiger partial charge on any atom is 0.253 e. The minimum Gasteiger partial charge on any atom is -0.342 e. The highest BCUT2D eigenvalue weighted by Crippen LogP contribution is 2.35. The first-order valence-electron chi connectivity index (χ1n) is 9.93. The Balaban J connectivity index is 1.60. The Morgan fingerprint density at radius 3 is 2.18 bits per heavy atom. The van der Waals surface area contributed by atoms with E-state index in [2.05, 4.69) is 31.2 Å². The summed E-state index contributed by atoms with van der Waals surface area (Å²) in [6, 6.07) is 15.3. The van der Waals surface area contributed by atoms with Crippen LogP contribution in [0.2, 0.25) is 5.02 Å². The fourth-order valence-electron chi connectivity index (χ4n) is 4.32. The summed E-state index contributed by atoms with van der Waals surface area (Å²) in [4.78, 5) is 30.1. The predicted molar refractivity (Wildman–Crippen MR) is 111 cm³/mol. The average molecular weight is 397 g/mol. The van der Waals surface area contributed by atoms with E-state index in [1.54, 1.807) is 24.3 Å². The second-order valence-corrected chi connectivity index (χ2v) is 8.31. The van der Waals surface area contributed by atoms with Crippen LogP contribution in [0.4, 0.5) is 0 Å². The number of carbonyl (C=O) groups is 2. The average Bonchev–Trinajstić information content (AvgIpc) is 3.38. The van der Waals surface area contributed by atoms with Crippen LogP contribution < -0.4 is 0 Å². The molecule has 0 radical (unpaired) electrons. The maximum atomic E-state index is 13.2. The van der Waals surface area contributed by atoms with Gasteiger partial charge >= 0.3 is 0 Å². The van der Waals surface area contributed by atoms with E-state index in [0.717, 1.165) is 31.5 Å². The van der Waals surface area contributed by atoms with E-state index in [0.29, 0.717) is 23.7 Å². The molecule has 2 aromatic rings. The molecule has 5 heteroatoms. The van der Waals surface area contributed by atoms with Crippen LogP contribution in [0.15, 0.2) is 48.5 Å². The second kappa shape index (κ2) is 7.96. The zero-order valence-corrected chi connectivity index (χ0v) is 16.9. The Hall–Kier alpha value is -2.33. The van der Waals surface area contributed by atoms with Gasteiger partial charge in [-0.15, -0.1) is 0 Å². The van der Waals surface area contributed by atoms with E-state index in [1.165, 1.54) is 5.56 Å².